The highest BCUT2D eigenvalue weighted by Gasteiger charge is 2.16. The maximum Gasteiger partial charge on any atom is 0.133 e. The summed E-state index contributed by atoms with van der Waals surface area (Å²) in [6, 6.07) is 4.82. The molecule has 0 saturated carbocycles. The van der Waals surface area contributed by atoms with Gasteiger partial charge in [0.15, 0.2) is 0 Å². The van der Waals surface area contributed by atoms with E-state index in [-0.39, 0.29) is 12.4 Å². The van der Waals surface area contributed by atoms with Crippen molar-refractivity contribution in [1.29, 1.82) is 0 Å². The quantitative estimate of drug-likeness (QED) is 0.943. The van der Waals surface area contributed by atoms with Crippen molar-refractivity contribution >= 4 is 35.1 Å². The minimum Gasteiger partial charge on any atom is -0.312 e. The number of rotatable bonds is 3. The first kappa shape index (κ1) is 14.9. The summed E-state index contributed by atoms with van der Waals surface area (Å²) in [5.74, 6) is 0. The third-order valence-corrected chi connectivity index (χ3v) is 5.14. The monoisotopic (exact) mass is 315 g/mol. The van der Waals surface area contributed by atoms with Crippen LogP contribution in [0.1, 0.15) is 11.8 Å². The van der Waals surface area contributed by atoms with Gasteiger partial charge in [0.1, 0.15) is 5.01 Å². The highest BCUT2D eigenvalue weighted by atomic mass is 35.5. The van der Waals surface area contributed by atoms with Crippen LogP contribution in [0.15, 0.2) is 23.7 Å². The molecule has 0 aliphatic carbocycles. The van der Waals surface area contributed by atoms with Crippen LogP contribution in [0.5, 0.6) is 0 Å². The van der Waals surface area contributed by atoms with Crippen molar-refractivity contribution in [1.82, 2.24) is 15.2 Å². The number of hydrogen-bond acceptors (Lipinski definition) is 5. The predicted octanol–water partition coefficient (Wildman–Crippen LogP) is 3.09. The molecule has 2 aromatic heterocycles. The number of nitrogens with zero attached hydrogens (tertiary/aromatic N) is 2. The van der Waals surface area contributed by atoms with Crippen molar-refractivity contribution in [3.8, 4) is 9.88 Å². The zero-order valence-corrected chi connectivity index (χ0v) is 13.3. The highest BCUT2D eigenvalue weighted by Crippen LogP contribution is 2.29. The fraction of sp³-hybridized carbons (Fsp3) is 0.462. The van der Waals surface area contributed by atoms with Crippen molar-refractivity contribution < 1.29 is 0 Å². The maximum atomic E-state index is 4.53. The van der Waals surface area contributed by atoms with Crippen LogP contribution >= 0.6 is 35.1 Å². The minimum absolute atomic E-state index is 0. The average Bonchev–Trinajstić information content (AvgIpc) is 2.98. The number of aromatic nitrogens is 1. The molecule has 0 aromatic carbocycles. The molecule has 0 amide bonds. The van der Waals surface area contributed by atoms with Gasteiger partial charge in [-0.25, -0.2) is 4.98 Å². The van der Waals surface area contributed by atoms with E-state index in [0.29, 0.717) is 6.04 Å². The summed E-state index contributed by atoms with van der Waals surface area (Å²) in [4.78, 5) is 9.68. The molecule has 0 unspecified atom stereocenters. The molecule has 104 valence electrons. The second-order valence-electron chi connectivity index (χ2n) is 4.70. The van der Waals surface area contributed by atoms with E-state index in [1.807, 2.05) is 17.5 Å². The number of nitrogens with one attached hydrogen (secondary N) is 1. The Kier molecular flexibility index (Phi) is 5.36. The van der Waals surface area contributed by atoms with Crippen LogP contribution in [0.4, 0.5) is 0 Å². The molecule has 1 aliphatic rings. The number of thiazole rings is 1. The fourth-order valence-corrected chi connectivity index (χ4v) is 4.03. The van der Waals surface area contributed by atoms with Crippen molar-refractivity contribution in [3.63, 3.8) is 0 Å². The smallest absolute Gasteiger partial charge is 0.133 e. The lowest BCUT2D eigenvalue weighted by Crippen LogP contribution is -2.48. The number of hydrogen-bond donors (Lipinski definition) is 1. The van der Waals surface area contributed by atoms with Gasteiger partial charge in [0.25, 0.3) is 0 Å². The highest BCUT2D eigenvalue weighted by molar-refractivity contribution is 7.20. The van der Waals surface area contributed by atoms with Gasteiger partial charge in [0.05, 0.1) is 4.88 Å². The zero-order chi connectivity index (χ0) is 12.4. The van der Waals surface area contributed by atoms with Gasteiger partial charge < -0.3 is 5.32 Å². The molecule has 3 nitrogen and oxygen atoms in total. The molecular weight excluding hydrogens is 298 g/mol. The number of thiophene rings is 1. The summed E-state index contributed by atoms with van der Waals surface area (Å²) in [5, 5.41) is 6.73. The minimum atomic E-state index is 0. The van der Waals surface area contributed by atoms with Crippen LogP contribution in [0.3, 0.4) is 0 Å². The Balaban J connectivity index is 0.00000133. The first-order valence-corrected chi connectivity index (χ1v) is 7.95. The summed E-state index contributed by atoms with van der Waals surface area (Å²) in [6.45, 7) is 6.64. The molecule has 1 fully saturated rings. The number of halogens is 1. The Bertz CT molecular complexity index is 498. The van der Waals surface area contributed by atoms with Gasteiger partial charge >= 0.3 is 0 Å². The Morgan fingerprint density at radius 2 is 2.42 bits per heavy atom. The van der Waals surface area contributed by atoms with Crippen LogP contribution in [0.25, 0.3) is 9.88 Å². The van der Waals surface area contributed by atoms with E-state index in [4.69, 9.17) is 0 Å². The molecular formula is C13H18ClN3S2. The van der Waals surface area contributed by atoms with Crippen molar-refractivity contribution in [2.45, 2.75) is 19.5 Å². The van der Waals surface area contributed by atoms with Gasteiger partial charge in [-0.15, -0.1) is 35.1 Å². The van der Waals surface area contributed by atoms with Gasteiger partial charge in [0.2, 0.25) is 0 Å². The first-order valence-electron chi connectivity index (χ1n) is 6.25. The van der Waals surface area contributed by atoms with Crippen LogP contribution in [0, 0.1) is 0 Å². The van der Waals surface area contributed by atoms with Crippen LogP contribution < -0.4 is 5.32 Å². The molecule has 0 radical (unpaired) electrons. The molecule has 0 spiro atoms. The van der Waals surface area contributed by atoms with E-state index in [1.165, 1.54) is 9.75 Å². The maximum absolute atomic E-state index is 4.53. The van der Waals surface area contributed by atoms with Crippen LogP contribution in [0.2, 0.25) is 0 Å². The third-order valence-electron chi connectivity index (χ3n) is 3.12. The van der Waals surface area contributed by atoms with E-state index < -0.39 is 0 Å². The first-order chi connectivity index (χ1) is 8.81. The Morgan fingerprint density at radius 1 is 1.53 bits per heavy atom. The molecule has 0 bridgehead atoms. The molecule has 3 rings (SSSR count). The van der Waals surface area contributed by atoms with E-state index in [1.54, 1.807) is 11.3 Å². The van der Waals surface area contributed by atoms with Gasteiger partial charge in [-0.05, 0) is 18.4 Å². The second-order valence-corrected chi connectivity index (χ2v) is 6.76. The lowest BCUT2D eigenvalue weighted by atomic mass is 10.2. The largest absolute Gasteiger partial charge is 0.312 e. The fourth-order valence-electron chi connectivity index (χ4n) is 2.27. The van der Waals surface area contributed by atoms with E-state index in [0.717, 1.165) is 31.2 Å². The summed E-state index contributed by atoms with van der Waals surface area (Å²) in [5.41, 5.74) is 0. The molecule has 1 aliphatic heterocycles. The Morgan fingerprint density at radius 3 is 3.16 bits per heavy atom. The standard InChI is InChI=1S/C13H17N3S2.ClH/c1-10-8-16(5-4-14-10)9-11-7-15-13(18-11)12-3-2-6-17-12;/h2-3,6-7,10,14H,4-5,8-9H2,1H3;1H/t10-;/m0./s1. The SMILES string of the molecule is C[C@H]1CN(Cc2cnc(-c3cccs3)s2)CCN1.Cl. The molecule has 2 aromatic rings. The molecule has 1 saturated heterocycles. The lowest BCUT2D eigenvalue weighted by Gasteiger charge is -2.31. The topological polar surface area (TPSA) is 28.2 Å². The van der Waals surface area contributed by atoms with E-state index in [9.17, 15) is 0 Å². The van der Waals surface area contributed by atoms with Crippen LogP contribution in [-0.4, -0.2) is 35.6 Å². The van der Waals surface area contributed by atoms with E-state index in [2.05, 4.69) is 39.6 Å². The van der Waals surface area contributed by atoms with Crippen molar-refractivity contribution in [3.05, 3.63) is 28.6 Å². The summed E-state index contributed by atoms with van der Waals surface area (Å²) < 4.78 is 0. The predicted molar refractivity (Wildman–Crippen MR) is 85.4 cm³/mol. The normalized spacial score (nSPS) is 20.2. The molecule has 1 N–H and O–H groups in total. The van der Waals surface area contributed by atoms with Crippen molar-refractivity contribution in [2.24, 2.45) is 0 Å². The molecule has 19 heavy (non-hydrogen) atoms. The van der Waals surface area contributed by atoms with Gasteiger partial charge in [-0.2, -0.15) is 0 Å². The third kappa shape index (κ3) is 3.77. The van der Waals surface area contributed by atoms with Gasteiger partial charge in [0, 0.05) is 43.3 Å². The van der Waals surface area contributed by atoms with Gasteiger partial charge in [-0.3, -0.25) is 4.90 Å². The molecule has 1 atom stereocenters. The summed E-state index contributed by atoms with van der Waals surface area (Å²) >= 11 is 3.58. The number of piperazine rings is 1. The Labute approximate surface area is 128 Å². The molecule has 6 heteroatoms. The second kappa shape index (κ2) is 6.81. The Hall–Kier alpha value is -0.460. The average molecular weight is 316 g/mol. The summed E-state index contributed by atoms with van der Waals surface area (Å²) in [7, 11) is 0. The van der Waals surface area contributed by atoms with E-state index >= 15 is 0 Å². The summed E-state index contributed by atoms with van der Waals surface area (Å²) in [6.07, 6.45) is 2.03. The zero-order valence-electron chi connectivity index (χ0n) is 10.8. The lowest BCUT2D eigenvalue weighted by molar-refractivity contribution is 0.201. The molecule has 3 heterocycles. The van der Waals surface area contributed by atoms with Gasteiger partial charge in [-0.1, -0.05) is 6.07 Å². The van der Waals surface area contributed by atoms with Crippen molar-refractivity contribution in [2.75, 3.05) is 19.6 Å². The van der Waals surface area contributed by atoms with Crippen LogP contribution in [-0.2, 0) is 6.54 Å².